The minimum atomic E-state index is -3.99. The number of nitrogens with zero attached hydrogens (tertiary/aromatic N) is 1. The Morgan fingerprint density at radius 1 is 1.30 bits per heavy atom. The monoisotopic (exact) mass is 313 g/mol. The van der Waals surface area contributed by atoms with Gasteiger partial charge < -0.3 is 4.90 Å². The fourth-order valence-corrected chi connectivity index (χ4v) is 2.79. The van der Waals surface area contributed by atoms with Gasteiger partial charge in [-0.2, -0.15) is 0 Å². The standard InChI is InChI=1S/C14H16ClNO3S/c1-4-8-16(9-5-2)14(17)12-10-11(3)6-7-13(12)20(15,18)19/h4-7,10H,1-2,8-9H2,3H3. The van der Waals surface area contributed by atoms with Crippen LogP contribution in [0.1, 0.15) is 15.9 Å². The van der Waals surface area contributed by atoms with Gasteiger partial charge in [-0.1, -0.05) is 23.8 Å². The first-order valence-corrected chi connectivity index (χ1v) is 8.18. The molecule has 0 aromatic heterocycles. The predicted octanol–water partition coefficient (Wildman–Crippen LogP) is 2.74. The number of benzene rings is 1. The minimum Gasteiger partial charge on any atom is -0.331 e. The van der Waals surface area contributed by atoms with Crippen molar-refractivity contribution in [3.8, 4) is 0 Å². The van der Waals surface area contributed by atoms with Gasteiger partial charge in [0.05, 0.1) is 10.5 Å². The Morgan fingerprint density at radius 3 is 2.30 bits per heavy atom. The van der Waals surface area contributed by atoms with Crippen LogP contribution in [0.3, 0.4) is 0 Å². The molecule has 0 saturated carbocycles. The summed E-state index contributed by atoms with van der Waals surface area (Å²) in [5.41, 5.74) is 0.832. The smallest absolute Gasteiger partial charge is 0.262 e. The van der Waals surface area contributed by atoms with E-state index in [2.05, 4.69) is 13.2 Å². The molecule has 4 nitrogen and oxygen atoms in total. The van der Waals surface area contributed by atoms with Crippen molar-refractivity contribution in [1.29, 1.82) is 0 Å². The third kappa shape index (κ3) is 3.95. The summed E-state index contributed by atoms with van der Waals surface area (Å²) in [7, 11) is 1.39. The summed E-state index contributed by atoms with van der Waals surface area (Å²) in [5.74, 6) is -0.423. The molecule has 1 amide bonds. The number of amides is 1. The molecule has 0 radical (unpaired) electrons. The second kappa shape index (κ2) is 6.72. The Labute approximate surface area is 123 Å². The molecule has 0 fully saturated rings. The zero-order valence-electron chi connectivity index (χ0n) is 11.2. The van der Waals surface area contributed by atoms with Crippen LogP contribution in [0.15, 0.2) is 48.4 Å². The SMILES string of the molecule is C=CCN(CC=C)C(=O)c1cc(C)ccc1S(=O)(=O)Cl. The Balaban J connectivity index is 3.36. The molecule has 0 aliphatic rings. The molecule has 6 heteroatoms. The Morgan fingerprint density at radius 2 is 1.85 bits per heavy atom. The quantitative estimate of drug-likeness (QED) is 0.599. The number of carbonyl (C=O) groups excluding carboxylic acids is 1. The van der Waals surface area contributed by atoms with Crippen LogP contribution in [0, 0.1) is 6.92 Å². The first-order chi connectivity index (χ1) is 9.31. The highest BCUT2D eigenvalue weighted by Gasteiger charge is 2.23. The van der Waals surface area contributed by atoms with Crippen molar-refractivity contribution in [2.75, 3.05) is 13.1 Å². The van der Waals surface area contributed by atoms with Crippen molar-refractivity contribution in [1.82, 2.24) is 4.90 Å². The number of rotatable bonds is 6. The second-order valence-electron chi connectivity index (χ2n) is 4.22. The van der Waals surface area contributed by atoms with Crippen molar-refractivity contribution in [2.45, 2.75) is 11.8 Å². The normalized spacial score (nSPS) is 10.9. The number of aryl methyl sites for hydroxylation is 1. The van der Waals surface area contributed by atoms with Gasteiger partial charge in [0.25, 0.3) is 15.0 Å². The number of hydrogen-bond donors (Lipinski definition) is 0. The molecule has 0 unspecified atom stereocenters. The summed E-state index contributed by atoms with van der Waals surface area (Å²) in [6.07, 6.45) is 3.12. The summed E-state index contributed by atoms with van der Waals surface area (Å²) >= 11 is 0. The van der Waals surface area contributed by atoms with E-state index in [0.717, 1.165) is 5.56 Å². The molecule has 0 aliphatic carbocycles. The largest absolute Gasteiger partial charge is 0.331 e. The number of halogens is 1. The lowest BCUT2D eigenvalue weighted by atomic mass is 10.1. The van der Waals surface area contributed by atoms with Crippen molar-refractivity contribution in [3.63, 3.8) is 0 Å². The highest BCUT2D eigenvalue weighted by atomic mass is 35.7. The van der Waals surface area contributed by atoms with E-state index in [0.29, 0.717) is 13.1 Å². The predicted molar refractivity (Wildman–Crippen MR) is 80.5 cm³/mol. The van der Waals surface area contributed by atoms with Gasteiger partial charge in [-0.15, -0.1) is 13.2 Å². The first kappa shape index (κ1) is 16.5. The zero-order valence-corrected chi connectivity index (χ0v) is 12.7. The van der Waals surface area contributed by atoms with Crippen molar-refractivity contribution >= 4 is 25.6 Å². The van der Waals surface area contributed by atoms with Gasteiger partial charge in [-0.25, -0.2) is 8.42 Å². The van der Waals surface area contributed by atoms with E-state index in [1.807, 2.05) is 0 Å². The van der Waals surface area contributed by atoms with Crippen LogP contribution in [0.2, 0.25) is 0 Å². The lowest BCUT2D eigenvalue weighted by Gasteiger charge is -2.20. The zero-order chi connectivity index (χ0) is 15.3. The van der Waals surface area contributed by atoms with E-state index < -0.39 is 15.0 Å². The van der Waals surface area contributed by atoms with Gasteiger partial charge in [-0.05, 0) is 19.1 Å². The van der Waals surface area contributed by atoms with E-state index in [9.17, 15) is 13.2 Å². The highest BCUT2D eigenvalue weighted by Crippen LogP contribution is 2.22. The maximum atomic E-state index is 12.5. The molecule has 1 rings (SSSR count). The molecule has 0 N–H and O–H groups in total. The highest BCUT2D eigenvalue weighted by molar-refractivity contribution is 8.13. The molecule has 0 heterocycles. The molecule has 0 aliphatic heterocycles. The summed E-state index contributed by atoms with van der Waals surface area (Å²) in [6, 6.07) is 4.44. The van der Waals surface area contributed by atoms with Crippen LogP contribution in [0.25, 0.3) is 0 Å². The Hall–Kier alpha value is -1.59. The topological polar surface area (TPSA) is 54.5 Å². The maximum Gasteiger partial charge on any atom is 0.262 e. The van der Waals surface area contributed by atoms with Crippen molar-refractivity contribution in [3.05, 3.63) is 54.6 Å². The van der Waals surface area contributed by atoms with E-state index >= 15 is 0 Å². The summed E-state index contributed by atoms with van der Waals surface area (Å²) in [6.45, 7) is 9.51. The van der Waals surface area contributed by atoms with Gasteiger partial charge in [0.1, 0.15) is 0 Å². The van der Waals surface area contributed by atoms with Crippen molar-refractivity contribution in [2.24, 2.45) is 0 Å². The van der Waals surface area contributed by atoms with Crippen LogP contribution in [-0.4, -0.2) is 32.3 Å². The van der Waals surface area contributed by atoms with E-state index in [4.69, 9.17) is 10.7 Å². The lowest BCUT2D eigenvalue weighted by molar-refractivity contribution is 0.0787. The molecular formula is C14H16ClNO3S. The Bertz CT molecular complexity index is 628. The molecule has 20 heavy (non-hydrogen) atoms. The third-order valence-corrected chi connectivity index (χ3v) is 3.99. The molecule has 1 aromatic carbocycles. The molecule has 1 aromatic rings. The van der Waals surface area contributed by atoms with Gasteiger partial charge in [0, 0.05) is 23.8 Å². The minimum absolute atomic E-state index is 0.0590. The van der Waals surface area contributed by atoms with Gasteiger partial charge in [0.15, 0.2) is 0 Å². The molecule has 0 atom stereocenters. The van der Waals surface area contributed by atoms with Crippen LogP contribution < -0.4 is 0 Å². The number of hydrogen-bond acceptors (Lipinski definition) is 3. The summed E-state index contributed by atoms with van der Waals surface area (Å²) in [5, 5.41) is 0. The second-order valence-corrected chi connectivity index (χ2v) is 6.76. The summed E-state index contributed by atoms with van der Waals surface area (Å²) < 4.78 is 23.1. The lowest BCUT2D eigenvalue weighted by Crippen LogP contribution is -2.32. The first-order valence-electron chi connectivity index (χ1n) is 5.87. The van der Waals surface area contributed by atoms with Gasteiger partial charge in [-0.3, -0.25) is 4.79 Å². The number of carbonyl (C=O) groups is 1. The molecule has 0 spiro atoms. The Kier molecular flexibility index (Phi) is 5.53. The maximum absolute atomic E-state index is 12.5. The molecule has 108 valence electrons. The average Bonchev–Trinajstić information content (AvgIpc) is 2.36. The third-order valence-electron chi connectivity index (χ3n) is 2.61. The van der Waals surface area contributed by atoms with Crippen LogP contribution >= 0.6 is 10.7 Å². The summed E-state index contributed by atoms with van der Waals surface area (Å²) in [4.78, 5) is 13.7. The fourth-order valence-electron chi connectivity index (χ4n) is 1.75. The fraction of sp³-hybridized carbons (Fsp3) is 0.214. The van der Waals surface area contributed by atoms with E-state index in [1.54, 1.807) is 25.1 Å². The molecular weight excluding hydrogens is 298 g/mol. The van der Waals surface area contributed by atoms with Gasteiger partial charge in [0.2, 0.25) is 0 Å². The van der Waals surface area contributed by atoms with E-state index in [1.165, 1.54) is 17.0 Å². The van der Waals surface area contributed by atoms with Crippen LogP contribution in [0.5, 0.6) is 0 Å². The van der Waals surface area contributed by atoms with Crippen LogP contribution in [-0.2, 0) is 9.05 Å². The molecule has 0 bridgehead atoms. The molecule has 0 saturated heterocycles. The average molecular weight is 314 g/mol. The van der Waals surface area contributed by atoms with Gasteiger partial charge >= 0.3 is 0 Å². The van der Waals surface area contributed by atoms with E-state index in [-0.39, 0.29) is 10.5 Å². The van der Waals surface area contributed by atoms with Crippen LogP contribution in [0.4, 0.5) is 0 Å². The van der Waals surface area contributed by atoms with Crippen molar-refractivity contribution < 1.29 is 13.2 Å².